The smallest absolute Gasteiger partial charge is 0.232 e. The molecule has 0 atom stereocenters. The van der Waals surface area contributed by atoms with Gasteiger partial charge in [0.15, 0.2) is 0 Å². The van der Waals surface area contributed by atoms with Gasteiger partial charge in [-0.2, -0.15) is 4.98 Å². The lowest BCUT2D eigenvalue weighted by molar-refractivity contribution is -0.130. The molecule has 0 unspecified atom stereocenters. The molecular weight excluding hydrogens is 728 g/mol. The van der Waals surface area contributed by atoms with Gasteiger partial charge in [0.05, 0.1) is 53.8 Å². The highest BCUT2D eigenvalue weighted by Gasteiger charge is 2.30. The van der Waals surface area contributed by atoms with E-state index in [4.69, 9.17) is 19.2 Å². The molecule has 2 N–H and O–H groups in total. The summed E-state index contributed by atoms with van der Waals surface area (Å²) < 4.78 is 45.3. The molecule has 1 amide bonds. The van der Waals surface area contributed by atoms with Crippen LogP contribution in [0.5, 0.6) is 17.2 Å². The average Bonchev–Trinajstić information content (AvgIpc) is 3.10. The van der Waals surface area contributed by atoms with Crippen molar-refractivity contribution in [2.45, 2.75) is 38.6 Å². The van der Waals surface area contributed by atoms with E-state index in [1.165, 1.54) is 11.4 Å². The van der Waals surface area contributed by atoms with E-state index in [0.29, 0.717) is 64.1 Å². The lowest BCUT2D eigenvalue weighted by Gasteiger charge is -2.43. The number of ether oxygens (including phenoxy) is 3. The number of nitrogens with zero attached hydrogens (tertiary/aromatic N) is 6. The second-order valence-electron chi connectivity index (χ2n) is 12.7. The second-order valence-corrected chi connectivity index (χ2v) is 15.6. The maximum atomic E-state index is 12.5. The highest BCUT2D eigenvalue weighted by atomic mass is 79.9. The molecule has 3 aromatic rings. The number of carbonyl (C=O) groups excluding carboxylic acids is 1. The number of fused-ring (bicyclic) bond motifs is 7. The molecule has 0 aliphatic carbocycles. The summed E-state index contributed by atoms with van der Waals surface area (Å²) in [6.45, 7) is 7.71. The van der Waals surface area contributed by atoms with Gasteiger partial charge in [0.2, 0.25) is 21.9 Å². The molecule has 270 valence electrons. The Morgan fingerprint density at radius 2 is 1.72 bits per heavy atom. The largest absolute Gasteiger partial charge is 0.494 e. The fourth-order valence-corrected chi connectivity index (χ4v) is 7.34. The summed E-state index contributed by atoms with van der Waals surface area (Å²) in [5, 5.41) is 6.58. The van der Waals surface area contributed by atoms with Gasteiger partial charge >= 0.3 is 0 Å². The van der Waals surface area contributed by atoms with E-state index in [1.54, 1.807) is 38.4 Å². The summed E-state index contributed by atoms with van der Waals surface area (Å²) >= 11 is 3.53. The van der Waals surface area contributed by atoms with Crippen LogP contribution in [0.15, 0.2) is 41.0 Å². The van der Waals surface area contributed by atoms with Gasteiger partial charge in [-0.3, -0.25) is 14.0 Å². The molecule has 2 saturated heterocycles. The van der Waals surface area contributed by atoms with Gasteiger partial charge < -0.3 is 34.6 Å². The average molecular weight is 774 g/mol. The highest BCUT2D eigenvalue weighted by molar-refractivity contribution is 9.10. The molecule has 5 heterocycles. The summed E-state index contributed by atoms with van der Waals surface area (Å²) in [5.74, 6) is 2.79. The molecule has 14 nitrogen and oxygen atoms in total. The normalized spacial score (nSPS) is 17.8. The lowest BCUT2D eigenvalue weighted by atomic mass is 10.0. The van der Waals surface area contributed by atoms with Crippen LogP contribution in [0.3, 0.4) is 0 Å². The fraction of sp³-hybridized carbons (Fsp3) is 0.500. The first-order chi connectivity index (χ1) is 24.0. The maximum absolute atomic E-state index is 12.5. The van der Waals surface area contributed by atoms with E-state index in [0.717, 1.165) is 82.6 Å². The number of piperidine rings is 1. The molecule has 6 bridgehead atoms. The van der Waals surface area contributed by atoms with Crippen molar-refractivity contribution in [3.05, 3.63) is 41.0 Å². The summed E-state index contributed by atoms with van der Waals surface area (Å²) in [6.07, 6.45) is 6.30. The first-order valence-corrected chi connectivity index (χ1v) is 19.5. The van der Waals surface area contributed by atoms with Crippen LogP contribution in [-0.2, 0) is 14.8 Å². The molecule has 7 rings (SSSR count). The van der Waals surface area contributed by atoms with Gasteiger partial charge in [-0.25, -0.2) is 13.4 Å². The minimum atomic E-state index is -3.57. The number of halogens is 1. The topological polar surface area (TPSA) is 142 Å². The number of benzene rings is 2. The predicted molar refractivity (Wildman–Crippen MR) is 198 cm³/mol. The first kappa shape index (κ1) is 35.8. The standard InChI is InChI=1S/C34H45BrN8O6S/c1-23(44)41-13-15-42(16-14-41)24-9-11-43(12-10-24)30-21-31(47-3)28-20-32(30)49-18-6-5-17-48-25-7-8-27(29(19-25)40(2)50(4,45)46)37-33-26(35)22-36-34(38-28)39-33/h7-8,19-22,24H,5-6,9-18H2,1-4H3,(H2,36,37,38,39). The van der Waals surface area contributed by atoms with Crippen molar-refractivity contribution in [3.8, 4) is 17.2 Å². The summed E-state index contributed by atoms with van der Waals surface area (Å²) in [7, 11) is -0.435. The minimum absolute atomic E-state index is 0.150. The Hall–Kier alpha value is -4.02. The number of sulfonamides is 1. The Kier molecular flexibility index (Phi) is 11.1. The van der Waals surface area contributed by atoms with Crippen LogP contribution >= 0.6 is 15.9 Å². The number of rotatable bonds is 5. The van der Waals surface area contributed by atoms with E-state index in [-0.39, 0.29) is 5.91 Å². The molecule has 2 fully saturated rings. The maximum Gasteiger partial charge on any atom is 0.232 e. The van der Waals surface area contributed by atoms with Gasteiger partial charge in [-0.15, -0.1) is 0 Å². The third-order valence-electron chi connectivity index (χ3n) is 9.48. The Balaban J connectivity index is 1.27. The second kappa shape index (κ2) is 15.5. The monoisotopic (exact) mass is 772 g/mol. The number of hydrogen-bond acceptors (Lipinski definition) is 12. The number of aromatic nitrogens is 2. The van der Waals surface area contributed by atoms with E-state index >= 15 is 0 Å². The molecule has 4 aliphatic heterocycles. The van der Waals surface area contributed by atoms with E-state index in [1.807, 2.05) is 17.0 Å². The summed E-state index contributed by atoms with van der Waals surface area (Å²) in [4.78, 5) is 27.8. The number of methoxy groups -OCH3 is 1. The Bertz CT molecular complexity index is 1800. The van der Waals surface area contributed by atoms with E-state index in [9.17, 15) is 13.2 Å². The Morgan fingerprint density at radius 3 is 2.40 bits per heavy atom. The SMILES string of the molecule is COc1cc(N2CCC(N3CCN(C(C)=O)CC3)CC2)c2cc1Nc1ncc(Br)c(n1)Nc1ccc(cc1N(C)S(C)(=O)=O)OCCCCO2. The molecule has 2 aromatic carbocycles. The lowest BCUT2D eigenvalue weighted by Crippen LogP contribution is -2.54. The highest BCUT2D eigenvalue weighted by Crippen LogP contribution is 2.42. The summed E-state index contributed by atoms with van der Waals surface area (Å²) in [5.41, 5.74) is 2.55. The number of anilines is 6. The number of hydrogen-bond donors (Lipinski definition) is 2. The number of amides is 1. The fourth-order valence-electron chi connectivity index (χ4n) is 6.54. The van der Waals surface area contributed by atoms with Gasteiger partial charge in [0.25, 0.3) is 0 Å². The number of nitrogens with one attached hydrogen (secondary N) is 2. The zero-order valence-corrected chi connectivity index (χ0v) is 31.3. The Labute approximate surface area is 302 Å². The number of piperazine rings is 1. The minimum Gasteiger partial charge on any atom is -0.494 e. The zero-order chi connectivity index (χ0) is 35.4. The van der Waals surface area contributed by atoms with E-state index in [2.05, 4.69) is 41.3 Å². The molecule has 0 radical (unpaired) electrons. The predicted octanol–water partition coefficient (Wildman–Crippen LogP) is 4.82. The van der Waals surface area contributed by atoms with Crippen molar-refractivity contribution in [2.75, 3.05) is 92.7 Å². The third-order valence-corrected chi connectivity index (χ3v) is 11.2. The molecular formula is C34H45BrN8O6S. The van der Waals surface area contributed by atoms with Crippen LogP contribution in [0.25, 0.3) is 0 Å². The molecule has 16 heteroatoms. The van der Waals surface area contributed by atoms with Crippen LogP contribution in [0.2, 0.25) is 0 Å². The van der Waals surface area contributed by atoms with Crippen molar-refractivity contribution in [2.24, 2.45) is 0 Å². The molecule has 1 aromatic heterocycles. The van der Waals surface area contributed by atoms with E-state index < -0.39 is 10.0 Å². The quantitative estimate of drug-likeness (QED) is 0.368. The zero-order valence-electron chi connectivity index (χ0n) is 28.9. The van der Waals surface area contributed by atoms with Gasteiger partial charge in [-0.05, 0) is 53.7 Å². The first-order valence-electron chi connectivity index (χ1n) is 16.9. The molecule has 50 heavy (non-hydrogen) atoms. The molecule has 0 spiro atoms. The van der Waals surface area contributed by atoms with Crippen molar-refractivity contribution in [3.63, 3.8) is 0 Å². The van der Waals surface area contributed by atoms with Crippen molar-refractivity contribution >= 4 is 66.4 Å². The van der Waals surface area contributed by atoms with Crippen LogP contribution < -0.4 is 34.0 Å². The Morgan fingerprint density at radius 1 is 1.00 bits per heavy atom. The summed E-state index contributed by atoms with van der Waals surface area (Å²) in [6, 6.07) is 9.71. The van der Waals surface area contributed by atoms with Crippen LogP contribution in [0.1, 0.15) is 32.6 Å². The molecule has 0 saturated carbocycles. The van der Waals surface area contributed by atoms with Crippen molar-refractivity contribution < 1.29 is 27.4 Å². The molecule has 4 aliphatic rings. The third kappa shape index (κ3) is 8.29. The van der Waals surface area contributed by atoms with Crippen molar-refractivity contribution in [1.29, 1.82) is 0 Å². The van der Waals surface area contributed by atoms with Gasteiger partial charge in [0, 0.05) is 83.7 Å². The van der Waals surface area contributed by atoms with Crippen LogP contribution in [0, 0.1) is 0 Å². The number of carbonyl (C=O) groups is 1. The van der Waals surface area contributed by atoms with Crippen LogP contribution in [-0.4, -0.2) is 113 Å². The van der Waals surface area contributed by atoms with Gasteiger partial charge in [0.1, 0.15) is 23.1 Å². The van der Waals surface area contributed by atoms with Crippen molar-refractivity contribution in [1.82, 2.24) is 19.8 Å². The van der Waals surface area contributed by atoms with Gasteiger partial charge in [-0.1, -0.05) is 0 Å². The van der Waals surface area contributed by atoms with Crippen LogP contribution in [0.4, 0.5) is 34.5 Å².